The summed E-state index contributed by atoms with van der Waals surface area (Å²) in [5, 5.41) is 3.97. The van der Waals surface area contributed by atoms with Gasteiger partial charge in [-0.25, -0.2) is 14.3 Å². The van der Waals surface area contributed by atoms with E-state index in [1.54, 1.807) is 13.0 Å². The molecule has 0 saturated heterocycles. The highest BCUT2D eigenvalue weighted by Crippen LogP contribution is 2.17. The molecule has 0 unspecified atom stereocenters. The molecule has 0 aliphatic heterocycles. The zero-order valence-corrected chi connectivity index (χ0v) is 9.72. The fourth-order valence-electron chi connectivity index (χ4n) is 1.65. The number of hydrogen-bond donors (Lipinski definition) is 0. The molecule has 88 valence electrons. The van der Waals surface area contributed by atoms with Gasteiger partial charge in [0.05, 0.1) is 0 Å². The number of hydrogen-bond acceptors (Lipinski definition) is 5. The quantitative estimate of drug-likeness (QED) is 0.540. The predicted octanol–water partition coefficient (Wildman–Crippen LogP) is 0.968. The Morgan fingerprint density at radius 3 is 2.71 bits per heavy atom. The Balaban J connectivity index is 0.000000514. The summed E-state index contributed by atoms with van der Waals surface area (Å²) in [6.07, 6.45) is 1.25. The lowest BCUT2D eigenvalue weighted by atomic mass is 10.3. The molecule has 3 aromatic heterocycles. The van der Waals surface area contributed by atoms with Crippen molar-refractivity contribution in [1.82, 2.24) is 14.6 Å². The van der Waals surface area contributed by atoms with Gasteiger partial charge in [0.15, 0.2) is 5.58 Å². The molecular formula is C11H11N3O3. The summed E-state index contributed by atoms with van der Waals surface area (Å²) in [4.78, 5) is 26.4. The Morgan fingerprint density at radius 1 is 1.29 bits per heavy atom. The summed E-state index contributed by atoms with van der Waals surface area (Å²) in [5.41, 5.74) is 0.0597. The number of aryl methyl sites for hydroxylation is 1. The third kappa shape index (κ3) is 1.49. The summed E-state index contributed by atoms with van der Waals surface area (Å²) < 4.78 is 6.38. The maximum absolute atomic E-state index is 11.4. The molecule has 0 aliphatic carbocycles. The van der Waals surface area contributed by atoms with Gasteiger partial charge in [0.25, 0.3) is 5.43 Å². The predicted molar refractivity (Wildman–Crippen MR) is 62.6 cm³/mol. The molecule has 0 bridgehead atoms. The van der Waals surface area contributed by atoms with Gasteiger partial charge in [-0.2, -0.15) is 5.10 Å². The van der Waals surface area contributed by atoms with Crippen molar-refractivity contribution in [1.29, 1.82) is 0 Å². The molecule has 0 aliphatic rings. The van der Waals surface area contributed by atoms with E-state index < -0.39 is 11.1 Å². The van der Waals surface area contributed by atoms with Crippen LogP contribution in [0.3, 0.4) is 0 Å². The molecule has 17 heavy (non-hydrogen) atoms. The molecule has 0 fully saturated rings. The monoisotopic (exact) mass is 233 g/mol. The van der Waals surface area contributed by atoms with Gasteiger partial charge in [0, 0.05) is 11.8 Å². The molecular weight excluding hydrogens is 222 g/mol. The normalized spacial score (nSPS) is 10.5. The van der Waals surface area contributed by atoms with Gasteiger partial charge in [-0.15, -0.1) is 0 Å². The molecule has 0 atom stereocenters. The van der Waals surface area contributed by atoms with Crippen LogP contribution in [0.2, 0.25) is 0 Å². The summed E-state index contributed by atoms with van der Waals surface area (Å²) in [5.74, 6) is 0. The van der Waals surface area contributed by atoms with Crippen molar-refractivity contribution in [3.05, 3.63) is 38.7 Å². The highest BCUT2D eigenvalue weighted by molar-refractivity contribution is 5.89. The van der Waals surface area contributed by atoms with E-state index in [2.05, 4.69) is 10.1 Å². The summed E-state index contributed by atoms with van der Waals surface area (Å²) >= 11 is 0. The summed E-state index contributed by atoms with van der Waals surface area (Å²) in [6, 6.07) is 1.65. The van der Waals surface area contributed by atoms with Gasteiger partial charge >= 0.3 is 5.63 Å². The van der Waals surface area contributed by atoms with E-state index >= 15 is 0 Å². The molecule has 3 heterocycles. The van der Waals surface area contributed by atoms with Crippen LogP contribution in [0, 0.1) is 6.92 Å². The number of aromatic nitrogens is 3. The molecule has 3 aromatic rings. The molecule has 0 saturated carbocycles. The van der Waals surface area contributed by atoms with E-state index in [4.69, 9.17) is 4.42 Å². The number of rotatable bonds is 0. The second kappa shape index (κ2) is 3.97. The highest BCUT2D eigenvalue weighted by Gasteiger charge is 2.14. The molecule has 0 aromatic carbocycles. The first-order chi connectivity index (χ1) is 8.18. The standard InChI is InChI=1S/C9H5N3O3.C2H6/c1-4-2-5-7-6(8(13)9(14)15-5)10-3-11-12(4)7;1-2/h2-3H,1H3;1-2H3. The van der Waals surface area contributed by atoms with Crippen LogP contribution in [-0.4, -0.2) is 14.6 Å². The van der Waals surface area contributed by atoms with Crippen molar-refractivity contribution in [3.8, 4) is 0 Å². The molecule has 6 nitrogen and oxygen atoms in total. The topological polar surface area (TPSA) is 77.5 Å². The summed E-state index contributed by atoms with van der Waals surface area (Å²) in [6.45, 7) is 5.80. The van der Waals surface area contributed by atoms with E-state index in [1.165, 1.54) is 10.8 Å². The van der Waals surface area contributed by atoms with Gasteiger partial charge in [-0.05, 0) is 6.92 Å². The van der Waals surface area contributed by atoms with Crippen LogP contribution in [0.5, 0.6) is 0 Å². The van der Waals surface area contributed by atoms with Crippen LogP contribution in [0.25, 0.3) is 16.6 Å². The fraction of sp³-hybridized carbons (Fsp3) is 0.273. The first kappa shape index (κ1) is 11.3. The minimum absolute atomic E-state index is 0.101. The van der Waals surface area contributed by atoms with Crippen LogP contribution in [0.1, 0.15) is 19.5 Å². The van der Waals surface area contributed by atoms with Crippen molar-refractivity contribution >= 4 is 16.6 Å². The van der Waals surface area contributed by atoms with E-state index in [1.807, 2.05) is 13.8 Å². The van der Waals surface area contributed by atoms with Crippen LogP contribution in [0.4, 0.5) is 0 Å². The average Bonchev–Trinajstić information content (AvgIpc) is 2.67. The Bertz CT molecular complexity index is 773. The molecule has 0 spiro atoms. The third-order valence-electron chi connectivity index (χ3n) is 2.30. The Kier molecular flexibility index (Phi) is 2.63. The molecule has 3 rings (SSSR count). The minimum Gasteiger partial charge on any atom is -0.418 e. The van der Waals surface area contributed by atoms with Gasteiger partial charge in [-0.1, -0.05) is 13.8 Å². The van der Waals surface area contributed by atoms with Crippen molar-refractivity contribution in [3.63, 3.8) is 0 Å². The van der Waals surface area contributed by atoms with Gasteiger partial charge in [0.2, 0.25) is 0 Å². The van der Waals surface area contributed by atoms with Crippen LogP contribution in [-0.2, 0) is 0 Å². The molecule has 0 amide bonds. The lowest BCUT2D eigenvalue weighted by Gasteiger charge is -1.96. The Labute approximate surface area is 95.9 Å². The first-order valence-corrected chi connectivity index (χ1v) is 5.28. The van der Waals surface area contributed by atoms with Crippen molar-refractivity contribution in [2.24, 2.45) is 0 Å². The van der Waals surface area contributed by atoms with E-state index in [-0.39, 0.29) is 5.52 Å². The maximum Gasteiger partial charge on any atom is 0.386 e. The van der Waals surface area contributed by atoms with E-state index in [0.29, 0.717) is 11.1 Å². The maximum atomic E-state index is 11.4. The van der Waals surface area contributed by atoms with E-state index in [9.17, 15) is 9.59 Å². The van der Waals surface area contributed by atoms with Gasteiger partial charge in [-0.3, -0.25) is 4.79 Å². The third-order valence-corrected chi connectivity index (χ3v) is 2.30. The zero-order chi connectivity index (χ0) is 12.6. The second-order valence-electron chi connectivity index (χ2n) is 3.24. The highest BCUT2D eigenvalue weighted by atomic mass is 16.4. The minimum atomic E-state index is -0.895. The molecule has 0 radical (unpaired) electrons. The first-order valence-electron chi connectivity index (χ1n) is 5.28. The molecule has 6 heteroatoms. The summed E-state index contributed by atoms with van der Waals surface area (Å²) in [7, 11) is 0. The largest absolute Gasteiger partial charge is 0.418 e. The van der Waals surface area contributed by atoms with Crippen LogP contribution in [0.15, 0.2) is 26.4 Å². The van der Waals surface area contributed by atoms with Gasteiger partial charge in [0.1, 0.15) is 17.4 Å². The number of nitrogens with zero attached hydrogens (tertiary/aromatic N) is 3. The molecule has 0 N–H and O–H groups in total. The average molecular weight is 233 g/mol. The second-order valence-corrected chi connectivity index (χ2v) is 3.24. The lowest BCUT2D eigenvalue weighted by molar-refractivity contribution is 0.555. The van der Waals surface area contributed by atoms with Crippen LogP contribution < -0.4 is 11.1 Å². The SMILES string of the molecule is CC.Cc1cc2oc(=O)c(=O)c3ncnn1c23. The zero-order valence-electron chi connectivity index (χ0n) is 9.72. The Morgan fingerprint density at radius 2 is 2.00 bits per heavy atom. The van der Waals surface area contributed by atoms with Gasteiger partial charge < -0.3 is 4.42 Å². The lowest BCUT2D eigenvalue weighted by Crippen LogP contribution is -2.23. The fourth-order valence-corrected chi connectivity index (χ4v) is 1.65. The van der Waals surface area contributed by atoms with Crippen molar-refractivity contribution < 1.29 is 4.42 Å². The smallest absolute Gasteiger partial charge is 0.386 e. The van der Waals surface area contributed by atoms with Crippen molar-refractivity contribution in [2.75, 3.05) is 0 Å². The van der Waals surface area contributed by atoms with Crippen LogP contribution >= 0.6 is 0 Å². The Hall–Kier alpha value is -2.24. The van der Waals surface area contributed by atoms with Crippen molar-refractivity contribution in [2.45, 2.75) is 20.8 Å². The van der Waals surface area contributed by atoms with E-state index in [0.717, 1.165) is 5.69 Å².